The summed E-state index contributed by atoms with van der Waals surface area (Å²) in [5, 5.41) is 0. The first-order valence-electron chi connectivity index (χ1n) is 6.78. The van der Waals surface area contributed by atoms with Crippen molar-refractivity contribution in [3.05, 3.63) is 22.7 Å². The van der Waals surface area contributed by atoms with Gasteiger partial charge >= 0.3 is 0 Å². The molecule has 4 nitrogen and oxygen atoms in total. The van der Waals surface area contributed by atoms with Crippen molar-refractivity contribution in [2.45, 2.75) is 39.0 Å². The Labute approximate surface area is 122 Å². The maximum atomic E-state index is 5.85. The zero-order chi connectivity index (χ0) is 13.6. The molecule has 5 heteroatoms. The molecule has 1 aromatic heterocycles. The second-order valence-electron chi connectivity index (χ2n) is 6.24. The standard InChI is InChI=1S/C14H20BrN3O/c1-14(2)12(10-4-5-19-13(10)14)18(3)8-11-16-6-9(15)7-17-11/h6-7,10,12-13H,4-5,8H2,1-3H3/t10-,12?,13-/m0/s1. The van der Waals surface area contributed by atoms with Gasteiger partial charge in [0.2, 0.25) is 0 Å². The molecule has 0 aromatic carbocycles. The third-order valence-corrected chi connectivity index (χ3v) is 4.99. The van der Waals surface area contributed by atoms with E-state index in [1.165, 1.54) is 6.42 Å². The maximum Gasteiger partial charge on any atom is 0.142 e. The fourth-order valence-electron chi connectivity index (χ4n) is 3.93. The summed E-state index contributed by atoms with van der Waals surface area (Å²) < 4.78 is 6.77. The lowest BCUT2D eigenvalue weighted by Crippen LogP contribution is -2.65. The number of rotatable bonds is 3. The summed E-state index contributed by atoms with van der Waals surface area (Å²) in [6.07, 6.45) is 5.24. The van der Waals surface area contributed by atoms with Crippen molar-refractivity contribution in [1.29, 1.82) is 0 Å². The maximum absolute atomic E-state index is 5.85. The van der Waals surface area contributed by atoms with Crippen molar-refractivity contribution in [3.8, 4) is 0 Å². The van der Waals surface area contributed by atoms with Gasteiger partial charge in [0.25, 0.3) is 0 Å². The third-order valence-electron chi connectivity index (χ3n) is 4.58. The Bertz CT molecular complexity index is 462. The number of ether oxygens (including phenoxy) is 1. The number of fused-ring (bicyclic) bond motifs is 1. The molecule has 1 saturated heterocycles. The van der Waals surface area contributed by atoms with E-state index < -0.39 is 0 Å². The molecule has 0 radical (unpaired) electrons. The summed E-state index contributed by atoms with van der Waals surface area (Å²) in [4.78, 5) is 11.1. The van der Waals surface area contributed by atoms with E-state index in [0.717, 1.165) is 23.4 Å². The van der Waals surface area contributed by atoms with Crippen molar-refractivity contribution in [2.75, 3.05) is 13.7 Å². The lowest BCUT2D eigenvalue weighted by atomic mass is 9.57. The van der Waals surface area contributed by atoms with Crippen LogP contribution < -0.4 is 0 Å². The molecule has 0 bridgehead atoms. The van der Waals surface area contributed by atoms with E-state index in [2.05, 4.69) is 51.7 Å². The Morgan fingerprint density at radius 1 is 1.42 bits per heavy atom. The molecule has 2 aliphatic rings. The minimum Gasteiger partial charge on any atom is -0.377 e. The average Bonchev–Trinajstić information content (AvgIpc) is 2.78. The molecule has 1 aliphatic carbocycles. The first kappa shape index (κ1) is 13.5. The fourth-order valence-corrected chi connectivity index (χ4v) is 4.14. The number of aromatic nitrogens is 2. The van der Waals surface area contributed by atoms with Gasteiger partial charge in [0.1, 0.15) is 5.82 Å². The van der Waals surface area contributed by atoms with Crippen LogP contribution in [0.5, 0.6) is 0 Å². The predicted octanol–water partition coefficient (Wildman–Crippen LogP) is 2.48. The molecule has 1 aliphatic heterocycles. The van der Waals surface area contributed by atoms with Crippen molar-refractivity contribution >= 4 is 15.9 Å². The molecule has 0 amide bonds. The van der Waals surface area contributed by atoms with Gasteiger partial charge in [-0.15, -0.1) is 0 Å². The van der Waals surface area contributed by atoms with Crippen molar-refractivity contribution < 1.29 is 4.74 Å². The van der Waals surface area contributed by atoms with Crippen LogP contribution in [0.15, 0.2) is 16.9 Å². The van der Waals surface area contributed by atoms with Crippen LogP contribution in [0.1, 0.15) is 26.1 Å². The second kappa shape index (κ2) is 4.79. The largest absolute Gasteiger partial charge is 0.377 e. The van der Waals surface area contributed by atoms with E-state index in [1.807, 2.05) is 12.4 Å². The van der Waals surface area contributed by atoms with Crippen LogP contribution in [-0.4, -0.2) is 40.7 Å². The second-order valence-corrected chi connectivity index (χ2v) is 7.16. The Kier molecular flexibility index (Phi) is 3.39. The average molecular weight is 326 g/mol. The van der Waals surface area contributed by atoms with E-state index in [4.69, 9.17) is 4.74 Å². The van der Waals surface area contributed by atoms with Crippen molar-refractivity contribution in [2.24, 2.45) is 11.3 Å². The first-order chi connectivity index (χ1) is 9.00. The van der Waals surface area contributed by atoms with E-state index in [9.17, 15) is 0 Å². The molecule has 2 heterocycles. The van der Waals surface area contributed by atoms with Gasteiger partial charge in [0.15, 0.2) is 0 Å². The predicted molar refractivity (Wildman–Crippen MR) is 76.6 cm³/mol. The number of halogens is 1. The topological polar surface area (TPSA) is 38.2 Å². The van der Waals surface area contributed by atoms with Gasteiger partial charge in [-0.3, -0.25) is 4.90 Å². The Hall–Kier alpha value is -0.520. The summed E-state index contributed by atoms with van der Waals surface area (Å²) in [7, 11) is 2.17. The van der Waals surface area contributed by atoms with Gasteiger partial charge in [-0.2, -0.15) is 0 Å². The molecule has 0 N–H and O–H groups in total. The molecular weight excluding hydrogens is 306 g/mol. The van der Waals surface area contributed by atoms with Gasteiger partial charge in [-0.1, -0.05) is 13.8 Å². The summed E-state index contributed by atoms with van der Waals surface area (Å²) >= 11 is 3.37. The number of hydrogen-bond donors (Lipinski definition) is 0. The summed E-state index contributed by atoms with van der Waals surface area (Å²) in [6.45, 7) is 6.33. The molecule has 1 saturated carbocycles. The first-order valence-corrected chi connectivity index (χ1v) is 7.57. The Morgan fingerprint density at radius 3 is 2.79 bits per heavy atom. The zero-order valence-electron chi connectivity index (χ0n) is 11.6. The van der Waals surface area contributed by atoms with Crippen LogP contribution in [0.25, 0.3) is 0 Å². The highest BCUT2D eigenvalue weighted by Crippen LogP contribution is 2.54. The highest BCUT2D eigenvalue weighted by atomic mass is 79.9. The molecular formula is C14H20BrN3O. The van der Waals surface area contributed by atoms with Gasteiger partial charge in [0.05, 0.1) is 17.1 Å². The van der Waals surface area contributed by atoms with E-state index in [1.54, 1.807) is 0 Å². The Balaban J connectivity index is 1.70. The Morgan fingerprint density at radius 2 is 2.11 bits per heavy atom. The third kappa shape index (κ3) is 2.22. The molecule has 19 heavy (non-hydrogen) atoms. The highest BCUT2D eigenvalue weighted by Gasteiger charge is 2.60. The monoisotopic (exact) mass is 325 g/mol. The van der Waals surface area contributed by atoms with Crippen LogP contribution in [0.4, 0.5) is 0 Å². The quantitative estimate of drug-likeness (QED) is 0.855. The van der Waals surface area contributed by atoms with E-state index >= 15 is 0 Å². The molecule has 1 unspecified atom stereocenters. The molecule has 3 rings (SSSR count). The minimum absolute atomic E-state index is 0.227. The van der Waals surface area contributed by atoms with Crippen LogP contribution >= 0.6 is 15.9 Å². The molecule has 0 spiro atoms. The summed E-state index contributed by atoms with van der Waals surface area (Å²) in [6, 6.07) is 0.562. The lowest BCUT2D eigenvalue weighted by molar-refractivity contribution is -0.151. The fraction of sp³-hybridized carbons (Fsp3) is 0.714. The van der Waals surface area contributed by atoms with Crippen LogP contribution in [0, 0.1) is 11.3 Å². The normalized spacial score (nSPS) is 32.2. The molecule has 104 valence electrons. The van der Waals surface area contributed by atoms with Crippen LogP contribution in [-0.2, 0) is 11.3 Å². The van der Waals surface area contributed by atoms with E-state index in [0.29, 0.717) is 18.1 Å². The lowest BCUT2D eigenvalue weighted by Gasteiger charge is -2.57. The van der Waals surface area contributed by atoms with Crippen molar-refractivity contribution in [3.63, 3.8) is 0 Å². The smallest absolute Gasteiger partial charge is 0.142 e. The molecule has 3 atom stereocenters. The van der Waals surface area contributed by atoms with Gasteiger partial charge in [0, 0.05) is 36.4 Å². The summed E-state index contributed by atoms with van der Waals surface area (Å²) in [5.41, 5.74) is 0.227. The van der Waals surface area contributed by atoms with Gasteiger partial charge in [-0.05, 0) is 29.4 Å². The van der Waals surface area contributed by atoms with E-state index in [-0.39, 0.29) is 5.41 Å². The van der Waals surface area contributed by atoms with Crippen LogP contribution in [0.2, 0.25) is 0 Å². The van der Waals surface area contributed by atoms with Gasteiger partial charge in [-0.25, -0.2) is 9.97 Å². The molecule has 1 aromatic rings. The number of hydrogen-bond acceptors (Lipinski definition) is 4. The minimum atomic E-state index is 0.227. The SMILES string of the molecule is CN(Cc1ncc(Br)cn1)C1[C@@H]2CCO[C@@H]2C1(C)C. The van der Waals surface area contributed by atoms with Crippen molar-refractivity contribution in [1.82, 2.24) is 14.9 Å². The zero-order valence-corrected chi connectivity index (χ0v) is 13.2. The molecule has 2 fully saturated rings. The van der Waals surface area contributed by atoms with Gasteiger partial charge < -0.3 is 4.74 Å². The highest BCUT2D eigenvalue weighted by molar-refractivity contribution is 9.10. The van der Waals surface area contributed by atoms with Crippen LogP contribution in [0.3, 0.4) is 0 Å². The summed E-state index contributed by atoms with van der Waals surface area (Å²) in [5.74, 6) is 1.55. The number of nitrogens with zero attached hydrogens (tertiary/aromatic N) is 3.